The van der Waals surface area contributed by atoms with Crippen LogP contribution in [-0.4, -0.2) is 30.1 Å². The van der Waals surface area contributed by atoms with Crippen molar-refractivity contribution in [1.29, 1.82) is 0 Å². The highest BCUT2D eigenvalue weighted by atomic mass is 16.5. The molecule has 0 amide bonds. The lowest BCUT2D eigenvalue weighted by atomic mass is 10.1. The van der Waals surface area contributed by atoms with Gasteiger partial charge in [-0.05, 0) is 0 Å². The predicted molar refractivity (Wildman–Crippen MR) is 42.4 cm³/mol. The third-order valence-corrected chi connectivity index (χ3v) is 1.30. The molecule has 0 rings (SSSR count). The summed E-state index contributed by atoms with van der Waals surface area (Å²) >= 11 is 0. The van der Waals surface area contributed by atoms with Crippen LogP contribution in [0.1, 0.15) is 6.92 Å². The molecule has 0 aliphatic rings. The first-order valence-corrected chi connectivity index (χ1v) is 3.54. The number of hydrogen-bond acceptors (Lipinski definition) is 4. The van der Waals surface area contributed by atoms with E-state index in [4.69, 9.17) is 5.11 Å². The molecule has 0 aromatic carbocycles. The monoisotopic (exact) mass is 172 g/mol. The molecule has 4 heteroatoms. The van der Waals surface area contributed by atoms with Crippen LogP contribution < -0.4 is 0 Å². The highest BCUT2D eigenvalue weighted by molar-refractivity contribution is 5.78. The minimum atomic E-state index is -1.37. The van der Waals surface area contributed by atoms with Crippen LogP contribution in [0.25, 0.3) is 0 Å². The zero-order chi connectivity index (χ0) is 9.56. The van der Waals surface area contributed by atoms with Crippen molar-refractivity contribution >= 4 is 12.3 Å². The van der Waals surface area contributed by atoms with Gasteiger partial charge in [-0.2, -0.15) is 0 Å². The zero-order valence-electron chi connectivity index (χ0n) is 6.90. The molecule has 2 atom stereocenters. The molecule has 1 N–H and O–H groups in total. The minimum Gasteiger partial charge on any atom is -0.460 e. The first-order chi connectivity index (χ1) is 5.63. The maximum absolute atomic E-state index is 10.8. The number of carbonyl (C=O) groups excluding carboxylic acids is 2. The summed E-state index contributed by atoms with van der Waals surface area (Å²) in [5.41, 5.74) is 0. The summed E-state index contributed by atoms with van der Waals surface area (Å²) in [5.74, 6) is -1.53. The minimum absolute atomic E-state index is 0.0431. The maximum atomic E-state index is 10.8. The molecular weight excluding hydrogens is 160 g/mol. The van der Waals surface area contributed by atoms with E-state index in [1.807, 2.05) is 0 Å². The molecule has 0 fully saturated rings. The third kappa shape index (κ3) is 3.30. The summed E-state index contributed by atoms with van der Waals surface area (Å²) in [6.07, 6.45) is 0.512. The van der Waals surface area contributed by atoms with Crippen molar-refractivity contribution < 1.29 is 19.4 Å². The van der Waals surface area contributed by atoms with Gasteiger partial charge in [0.05, 0.1) is 0 Å². The van der Waals surface area contributed by atoms with E-state index < -0.39 is 18.0 Å². The Morgan fingerprint density at radius 1 is 1.75 bits per heavy atom. The van der Waals surface area contributed by atoms with Crippen molar-refractivity contribution in [3.8, 4) is 0 Å². The van der Waals surface area contributed by atoms with Crippen LogP contribution in [0.3, 0.4) is 0 Å². The van der Waals surface area contributed by atoms with Gasteiger partial charge in [0.2, 0.25) is 0 Å². The van der Waals surface area contributed by atoms with Crippen molar-refractivity contribution in [3.63, 3.8) is 0 Å². The molecule has 0 spiro atoms. The van der Waals surface area contributed by atoms with E-state index in [1.54, 1.807) is 0 Å². The summed E-state index contributed by atoms with van der Waals surface area (Å²) in [5, 5.41) is 9.07. The van der Waals surface area contributed by atoms with Crippen LogP contribution in [0.5, 0.6) is 0 Å². The maximum Gasteiger partial charge on any atom is 0.336 e. The van der Waals surface area contributed by atoms with Gasteiger partial charge >= 0.3 is 5.97 Å². The molecule has 0 heterocycles. The summed E-state index contributed by atoms with van der Waals surface area (Å²) < 4.78 is 4.51. The second kappa shape index (κ2) is 5.49. The van der Waals surface area contributed by atoms with E-state index in [0.717, 1.165) is 0 Å². The van der Waals surface area contributed by atoms with Crippen LogP contribution in [0.2, 0.25) is 0 Å². The Kier molecular flexibility index (Phi) is 4.96. The lowest BCUT2D eigenvalue weighted by molar-refractivity contribution is -0.155. The fraction of sp³-hybridized carbons (Fsp3) is 0.500. The molecule has 0 aliphatic heterocycles. The summed E-state index contributed by atoms with van der Waals surface area (Å²) in [6, 6.07) is 0. The largest absolute Gasteiger partial charge is 0.460 e. The summed E-state index contributed by atoms with van der Waals surface area (Å²) in [4.78, 5) is 21.0. The average Bonchev–Trinajstić information content (AvgIpc) is 2.11. The Hall–Kier alpha value is -1.16. The van der Waals surface area contributed by atoms with Crippen LogP contribution in [0.15, 0.2) is 12.7 Å². The molecule has 0 aliphatic carbocycles. The molecule has 2 unspecified atom stereocenters. The Balaban J connectivity index is 3.91. The predicted octanol–water partition coefficient (Wildman–Crippen LogP) is -0.0885. The van der Waals surface area contributed by atoms with Gasteiger partial charge < -0.3 is 14.6 Å². The standard InChI is InChI=1S/C8H12O4/c1-3-4-12-8(11)7(10)6(2)5-9/h3,5-7,10H,1,4H2,2H3. The zero-order valence-corrected chi connectivity index (χ0v) is 6.90. The van der Waals surface area contributed by atoms with Crippen LogP contribution in [0.4, 0.5) is 0 Å². The number of esters is 1. The van der Waals surface area contributed by atoms with Crippen LogP contribution >= 0.6 is 0 Å². The highest BCUT2D eigenvalue weighted by Crippen LogP contribution is 2.01. The number of carbonyl (C=O) groups is 2. The number of aldehydes is 1. The molecular formula is C8H12O4. The van der Waals surface area contributed by atoms with Crippen molar-refractivity contribution in [3.05, 3.63) is 12.7 Å². The quantitative estimate of drug-likeness (QED) is 0.357. The van der Waals surface area contributed by atoms with Gasteiger partial charge in [-0.3, -0.25) is 0 Å². The molecule has 0 saturated carbocycles. The van der Waals surface area contributed by atoms with E-state index in [2.05, 4.69) is 11.3 Å². The fourth-order valence-corrected chi connectivity index (χ4v) is 0.516. The van der Waals surface area contributed by atoms with Gasteiger partial charge in [-0.15, -0.1) is 0 Å². The third-order valence-electron chi connectivity index (χ3n) is 1.30. The fourth-order valence-electron chi connectivity index (χ4n) is 0.516. The van der Waals surface area contributed by atoms with Crippen molar-refractivity contribution in [1.82, 2.24) is 0 Å². The highest BCUT2D eigenvalue weighted by Gasteiger charge is 2.22. The summed E-state index contributed by atoms with van der Waals surface area (Å²) in [7, 11) is 0. The Morgan fingerprint density at radius 3 is 2.75 bits per heavy atom. The van der Waals surface area contributed by atoms with Gasteiger partial charge in [-0.1, -0.05) is 19.6 Å². The normalized spacial score (nSPS) is 14.5. The number of aliphatic hydroxyl groups is 1. The van der Waals surface area contributed by atoms with Gasteiger partial charge in [0, 0.05) is 5.92 Å². The van der Waals surface area contributed by atoms with Gasteiger partial charge in [0.25, 0.3) is 0 Å². The van der Waals surface area contributed by atoms with Crippen molar-refractivity contribution in [2.24, 2.45) is 5.92 Å². The van der Waals surface area contributed by atoms with E-state index in [-0.39, 0.29) is 6.61 Å². The summed E-state index contributed by atoms with van der Waals surface area (Å²) in [6.45, 7) is 4.81. The van der Waals surface area contributed by atoms with E-state index >= 15 is 0 Å². The molecule has 0 bridgehead atoms. The lowest BCUT2D eigenvalue weighted by Gasteiger charge is -2.11. The average molecular weight is 172 g/mol. The first kappa shape index (κ1) is 10.8. The van der Waals surface area contributed by atoms with Gasteiger partial charge in [-0.25, -0.2) is 4.79 Å². The van der Waals surface area contributed by atoms with Gasteiger partial charge in [0.1, 0.15) is 12.9 Å². The van der Waals surface area contributed by atoms with E-state index in [9.17, 15) is 9.59 Å². The van der Waals surface area contributed by atoms with Crippen molar-refractivity contribution in [2.45, 2.75) is 13.0 Å². The Bertz CT molecular complexity index is 176. The number of aliphatic hydroxyl groups excluding tert-OH is 1. The van der Waals surface area contributed by atoms with Crippen molar-refractivity contribution in [2.75, 3.05) is 6.61 Å². The molecule has 0 aromatic heterocycles. The molecule has 4 nitrogen and oxygen atoms in total. The molecule has 68 valence electrons. The molecule has 0 radical (unpaired) electrons. The lowest BCUT2D eigenvalue weighted by Crippen LogP contribution is -2.30. The molecule has 0 saturated heterocycles. The van der Waals surface area contributed by atoms with E-state index in [1.165, 1.54) is 13.0 Å². The topological polar surface area (TPSA) is 63.6 Å². The second-order valence-electron chi connectivity index (χ2n) is 2.36. The number of rotatable bonds is 5. The number of ether oxygens (including phenoxy) is 1. The molecule has 0 aromatic rings. The first-order valence-electron chi connectivity index (χ1n) is 3.54. The second-order valence-corrected chi connectivity index (χ2v) is 2.36. The Morgan fingerprint density at radius 2 is 2.33 bits per heavy atom. The van der Waals surface area contributed by atoms with Crippen LogP contribution in [0, 0.1) is 5.92 Å². The Labute approximate surface area is 70.8 Å². The molecule has 12 heavy (non-hydrogen) atoms. The van der Waals surface area contributed by atoms with E-state index in [0.29, 0.717) is 6.29 Å². The SMILES string of the molecule is C=CCOC(=O)C(O)C(C)C=O. The van der Waals surface area contributed by atoms with Crippen LogP contribution in [-0.2, 0) is 14.3 Å². The number of hydrogen-bond donors (Lipinski definition) is 1. The van der Waals surface area contributed by atoms with Gasteiger partial charge in [0.15, 0.2) is 6.10 Å². The smallest absolute Gasteiger partial charge is 0.336 e.